The summed E-state index contributed by atoms with van der Waals surface area (Å²) >= 11 is 3.39. The average molecular weight is 368 g/mol. The van der Waals surface area contributed by atoms with Crippen molar-refractivity contribution in [1.29, 1.82) is 0 Å². The van der Waals surface area contributed by atoms with Crippen LogP contribution in [-0.2, 0) is 10.1 Å². The molecule has 0 heterocycles. The molecule has 2 aromatic carbocycles. The molecule has 7 heteroatoms. The van der Waals surface area contributed by atoms with Crippen molar-refractivity contribution >= 4 is 37.4 Å². The Bertz CT molecular complexity index is 771. The number of nitrogens with one attached hydrogen (secondary N) is 1. The molecule has 5 nitrogen and oxygen atoms in total. The lowest BCUT2D eigenvalue weighted by molar-refractivity contribution is 0.463. The van der Waals surface area contributed by atoms with Crippen molar-refractivity contribution in [1.82, 2.24) is 0 Å². The topological polar surface area (TPSA) is 81.6 Å². The molecule has 0 spiro atoms. The van der Waals surface area contributed by atoms with E-state index in [0.29, 0.717) is 5.69 Å². The first kappa shape index (κ1) is 15.7. The third kappa shape index (κ3) is 4.38. The Labute approximate surface area is 131 Å². The summed E-state index contributed by atoms with van der Waals surface area (Å²) in [5.41, 5.74) is 5.14. The van der Waals surface area contributed by atoms with E-state index >= 15 is 0 Å². The van der Waals surface area contributed by atoms with Gasteiger partial charge in [-0.2, -0.15) is 5.10 Å². The quantitative estimate of drug-likeness (QED) is 0.511. The lowest BCUT2D eigenvalue weighted by atomic mass is 10.1. The lowest BCUT2D eigenvalue weighted by Crippen LogP contribution is -2.01. The largest absolute Gasteiger partial charge is 0.744 e. The summed E-state index contributed by atoms with van der Waals surface area (Å²) in [5, 5.41) is 4.22. The molecule has 1 N–H and O–H groups in total. The van der Waals surface area contributed by atoms with Crippen molar-refractivity contribution in [2.24, 2.45) is 5.10 Å². The monoisotopic (exact) mass is 367 g/mol. The highest BCUT2D eigenvalue weighted by Gasteiger charge is 2.01. The molecule has 0 aromatic heterocycles. The standard InChI is InChI=1S/C14H13BrN2O3S/c1-10(11-3-2-4-12(15)9-11)16-17-13-5-7-14(8-6-13)21(18,19)20/h2-9,17H,1H3,(H,18,19,20)/p-1. The summed E-state index contributed by atoms with van der Waals surface area (Å²) in [5.74, 6) is 0. The van der Waals surface area contributed by atoms with Crippen LogP contribution in [-0.4, -0.2) is 18.7 Å². The predicted octanol–water partition coefficient (Wildman–Crippen LogP) is 3.19. The number of hydrogen-bond acceptors (Lipinski definition) is 5. The van der Waals surface area contributed by atoms with Gasteiger partial charge in [0.25, 0.3) is 0 Å². The van der Waals surface area contributed by atoms with Gasteiger partial charge in [-0.1, -0.05) is 28.1 Å². The van der Waals surface area contributed by atoms with Crippen LogP contribution in [0.1, 0.15) is 12.5 Å². The maximum Gasteiger partial charge on any atom is 0.124 e. The second-order valence-electron chi connectivity index (χ2n) is 4.30. The number of hydrazone groups is 1. The first-order valence-electron chi connectivity index (χ1n) is 5.98. The number of halogens is 1. The minimum atomic E-state index is -4.42. The number of rotatable bonds is 4. The molecule has 0 aliphatic carbocycles. The van der Waals surface area contributed by atoms with Crippen LogP contribution in [0.15, 0.2) is 63.0 Å². The zero-order valence-electron chi connectivity index (χ0n) is 11.1. The number of nitrogens with zero attached hydrogens (tertiary/aromatic N) is 1. The average Bonchev–Trinajstić information content (AvgIpc) is 2.44. The van der Waals surface area contributed by atoms with Crippen LogP contribution >= 0.6 is 15.9 Å². The van der Waals surface area contributed by atoms with Crippen LogP contribution in [0, 0.1) is 0 Å². The zero-order valence-corrected chi connectivity index (χ0v) is 13.5. The van der Waals surface area contributed by atoms with E-state index < -0.39 is 10.1 Å². The summed E-state index contributed by atoms with van der Waals surface area (Å²) in [6.07, 6.45) is 0. The molecule has 0 atom stereocenters. The van der Waals surface area contributed by atoms with E-state index in [1.807, 2.05) is 31.2 Å². The molecule has 0 saturated heterocycles. The van der Waals surface area contributed by atoms with E-state index in [9.17, 15) is 13.0 Å². The van der Waals surface area contributed by atoms with Crippen molar-refractivity contribution in [3.8, 4) is 0 Å². The SMILES string of the molecule is CC(=NNc1ccc(S(=O)(=O)[O-])cc1)c1cccc(Br)c1. The highest BCUT2D eigenvalue weighted by molar-refractivity contribution is 9.10. The van der Waals surface area contributed by atoms with Crippen LogP contribution < -0.4 is 5.43 Å². The lowest BCUT2D eigenvalue weighted by Gasteiger charge is -2.08. The molecule has 110 valence electrons. The summed E-state index contributed by atoms with van der Waals surface area (Å²) in [6.45, 7) is 1.85. The van der Waals surface area contributed by atoms with E-state index in [0.717, 1.165) is 15.7 Å². The second kappa shape index (κ2) is 6.38. The van der Waals surface area contributed by atoms with Crippen LogP contribution in [0.4, 0.5) is 5.69 Å². The van der Waals surface area contributed by atoms with E-state index in [-0.39, 0.29) is 4.90 Å². The molecule has 0 aliphatic heterocycles. The summed E-state index contributed by atoms with van der Waals surface area (Å²) < 4.78 is 33.4. The van der Waals surface area contributed by atoms with Gasteiger partial charge in [-0.05, 0) is 48.9 Å². The highest BCUT2D eigenvalue weighted by Crippen LogP contribution is 2.15. The van der Waals surface area contributed by atoms with Gasteiger partial charge in [0.15, 0.2) is 0 Å². The molecular weight excluding hydrogens is 356 g/mol. The van der Waals surface area contributed by atoms with Gasteiger partial charge in [-0.25, -0.2) is 8.42 Å². The Kier molecular flexibility index (Phi) is 4.76. The van der Waals surface area contributed by atoms with E-state index in [2.05, 4.69) is 26.5 Å². The number of benzene rings is 2. The van der Waals surface area contributed by atoms with E-state index in [4.69, 9.17) is 0 Å². The van der Waals surface area contributed by atoms with E-state index in [1.54, 1.807) is 0 Å². The smallest absolute Gasteiger partial charge is 0.124 e. The molecule has 21 heavy (non-hydrogen) atoms. The fourth-order valence-corrected chi connectivity index (χ4v) is 2.49. The van der Waals surface area contributed by atoms with Gasteiger partial charge in [0.1, 0.15) is 10.1 Å². The van der Waals surface area contributed by atoms with Crippen LogP contribution in [0.5, 0.6) is 0 Å². The van der Waals surface area contributed by atoms with Gasteiger partial charge in [-0.15, -0.1) is 0 Å². The number of hydrogen-bond donors (Lipinski definition) is 1. The molecule has 0 unspecified atom stereocenters. The molecule has 2 rings (SSSR count). The van der Waals surface area contributed by atoms with Crippen molar-refractivity contribution < 1.29 is 13.0 Å². The summed E-state index contributed by atoms with van der Waals surface area (Å²) in [7, 11) is -4.42. The Balaban J connectivity index is 2.14. The fraction of sp³-hybridized carbons (Fsp3) is 0.0714. The molecule has 0 saturated carbocycles. The Morgan fingerprint density at radius 2 is 1.86 bits per heavy atom. The maximum atomic E-state index is 10.8. The predicted molar refractivity (Wildman–Crippen MR) is 84.4 cm³/mol. The van der Waals surface area contributed by atoms with Crippen molar-refractivity contribution in [3.05, 3.63) is 58.6 Å². The minimum absolute atomic E-state index is 0.263. The molecule has 0 fully saturated rings. The Hall–Kier alpha value is -1.70. The third-order valence-corrected chi connectivity index (χ3v) is 4.08. The number of anilines is 1. The molecule has 2 aromatic rings. The normalized spacial score (nSPS) is 12.2. The van der Waals surface area contributed by atoms with Crippen molar-refractivity contribution in [2.45, 2.75) is 11.8 Å². The second-order valence-corrected chi connectivity index (χ2v) is 6.59. The van der Waals surface area contributed by atoms with Crippen LogP contribution in [0.2, 0.25) is 0 Å². The van der Waals surface area contributed by atoms with Gasteiger partial charge >= 0.3 is 0 Å². The van der Waals surface area contributed by atoms with E-state index in [1.165, 1.54) is 24.3 Å². The first-order valence-corrected chi connectivity index (χ1v) is 8.18. The van der Waals surface area contributed by atoms with Gasteiger partial charge < -0.3 is 4.55 Å². The first-order chi connectivity index (χ1) is 9.86. The highest BCUT2D eigenvalue weighted by atomic mass is 79.9. The fourth-order valence-electron chi connectivity index (χ4n) is 1.62. The molecular formula is C14H12BrN2O3S-. The van der Waals surface area contributed by atoms with Crippen LogP contribution in [0.3, 0.4) is 0 Å². The maximum absolute atomic E-state index is 10.8. The Morgan fingerprint density at radius 3 is 2.43 bits per heavy atom. The molecule has 0 radical (unpaired) electrons. The Morgan fingerprint density at radius 1 is 1.19 bits per heavy atom. The third-order valence-electron chi connectivity index (χ3n) is 2.74. The van der Waals surface area contributed by atoms with Crippen molar-refractivity contribution in [2.75, 3.05) is 5.43 Å². The van der Waals surface area contributed by atoms with Crippen molar-refractivity contribution in [3.63, 3.8) is 0 Å². The molecule has 0 aliphatic rings. The summed E-state index contributed by atoms with van der Waals surface area (Å²) in [6, 6.07) is 13.2. The van der Waals surface area contributed by atoms with Crippen LogP contribution in [0.25, 0.3) is 0 Å². The zero-order chi connectivity index (χ0) is 15.5. The summed E-state index contributed by atoms with van der Waals surface area (Å²) in [4.78, 5) is -0.263. The minimum Gasteiger partial charge on any atom is -0.744 e. The molecule has 0 amide bonds. The van der Waals surface area contributed by atoms with Gasteiger partial charge in [-0.3, -0.25) is 5.43 Å². The van der Waals surface area contributed by atoms with Gasteiger partial charge in [0, 0.05) is 4.47 Å². The molecule has 0 bridgehead atoms. The van der Waals surface area contributed by atoms with Gasteiger partial charge in [0.05, 0.1) is 16.3 Å². The van der Waals surface area contributed by atoms with Gasteiger partial charge in [0.2, 0.25) is 0 Å².